The number of likely N-dealkylation sites (tertiary alicyclic amines) is 1. The highest BCUT2D eigenvalue weighted by atomic mass is 19.1. The summed E-state index contributed by atoms with van der Waals surface area (Å²) in [4.78, 5) is 32.3. The van der Waals surface area contributed by atoms with Gasteiger partial charge < -0.3 is 28.5 Å². The molecule has 0 bridgehead atoms. The number of benzene rings is 1. The van der Waals surface area contributed by atoms with Crippen molar-refractivity contribution >= 4 is 12.0 Å². The molecule has 0 aliphatic carbocycles. The number of carbonyl (C=O) groups excluding carboxylic acids is 2. The summed E-state index contributed by atoms with van der Waals surface area (Å²) in [6, 6.07) is 4.27. The van der Waals surface area contributed by atoms with E-state index in [0.29, 0.717) is 57.8 Å². The number of ether oxygens (including phenoxy) is 3. The van der Waals surface area contributed by atoms with E-state index in [1.54, 1.807) is 15.9 Å². The van der Waals surface area contributed by atoms with Gasteiger partial charge in [0, 0.05) is 31.7 Å². The van der Waals surface area contributed by atoms with Crippen LogP contribution < -0.4 is 0 Å². The van der Waals surface area contributed by atoms with E-state index in [0.717, 1.165) is 0 Å². The van der Waals surface area contributed by atoms with Crippen molar-refractivity contribution in [1.82, 2.24) is 19.9 Å². The van der Waals surface area contributed by atoms with Gasteiger partial charge in [0.25, 0.3) is 11.8 Å². The minimum atomic E-state index is -0.640. The first kappa shape index (κ1) is 25.1. The summed E-state index contributed by atoms with van der Waals surface area (Å²) in [7, 11) is 0. The Hall–Kier alpha value is -3.05. The number of aromatic nitrogens is 2. The zero-order valence-electron chi connectivity index (χ0n) is 20.3. The Morgan fingerprint density at radius 2 is 1.83 bits per heavy atom. The van der Waals surface area contributed by atoms with Gasteiger partial charge in [0.1, 0.15) is 18.0 Å². The Morgan fingerprint density at radius 1 is 1.11 bits per heavy atom. The molecule has 0 atom stereocenters. The number of piperidine rings is 1. The molecule has 2 aliphatic heterocycles. The Balaban J connectivity index is 1.28. The van der Waals surface area contributed by atoms with Crippen molar-refractivity contribution in [1.29, 1.82) is 0 Å². The number of hydrogen-bond donors (Lipinski definition) is 0. The summed E-state index contributed by atoms with van der Waals surface area (Å²) < 4.78 is 36.5. The molecule has 0 radical (unpaired) electrons. The van der Waals surface area contributed by atoms with Gasteiger partial charge in [-0.05, 0) is 45.7 Å². The summed E-state index contributed by atoms with van der Waals surface area (Å²) in [5.74, 6) is -0.522. The Labute approximate surface area is 203 Å². The lowest BCUT2D eigenvalue weighted by Gasteiger charge is -2.33. The molecule has 4 rings (SSSR count). The monoisotopic (exact) mass is 490 g/mol. The first-order chi connectivity index (χ1) is 16.7. The molecule has 2 saturated heterocycles. The van der Waals surface area contributed by atoms with E-state index in [2.05, 4.69) is 10.1 Å². The van der Waals surface area contributed by atoms with E-state index in [9.17, 15) is 14.0 Å². The van der Waals surface area contributed by atoms with E-state index >= 15 is 0 Å². The molecule has 10 nitrogen and oxygen atoms in total. The quantitative estimate of drug-likeness (QED) is 0.629. The lowest BCUT2D eigenvalue weighted by atomic mass is 10.1. The Morgan fingerprint density at radius 3 is 2.49 bits per heavy atom. The van der Waals surface area contributed by atoms with E-state index in [1.165, 1.54) is 12.1 Å². The summed E-state index contributed by atoms with van der Waals surface area (Å²) >= 11 is 0. The van der Waals surface area contributed by atoms with E-state index in [1.807, 2.05) is 20.8 Å². The van der Waals surface area contributed by atoms with Crippen molar-refractivity contribution in [2.45, 2.75) is 51.9 Å². The molecule has 0 unspecified atom stereocenters. The van der Waals surface area contributed by atoms with E-state index < -0.39 is 11.4 Å². The topological polar surface area (TPSA) is 107 Å². The van der Waals surface area contributed by atoms with Gasteiger partial charge in [0.2, 0.25) is 5.82 Å². The minimum absolute atomic E-state index is 0.000394. The van der Waals surface area contributed by atoms with Crippen LogP contribution in [0.1, 0.15) is 49.9 Å². The maximum absolute atomic E-state index is 14.7. The standard InChI is InChI=1S/C24H31FN4O6/c1-24(2,3)34-23(31)29-8-6-17(7-9-29)33-15-20-26-21(27-35-20)16-4-5-18(19(25)14-16)22(30)28-10-12-32-13-11-28/h4-5,14,17H,6-13,15H2,1-3H3. The predicted octanol–water partition coefficient (Wildman–Crippen LogP) is 3.26. The van der Waals surface area contributed by atoms with Gasteiger partial charge in [-0.1, -0.05) is 11.2 Å². The van der Waals surface area contributed by atoms with Crippen molar-refractivity contribution in [3.05, 3.63) is 35.5 Å². The number of halogens is 1. The third kappa shape index (κ3) is 6.55. The van der Waals surface area contributed by atoms with Crippen LogP contribution in [-0.2, 0) is 20.8 Å². The molecule has 1 aromatic carbocycles. The van der Waals surface area contributed by atoms with Crippen LogP contribution in [0.5, 0.6) is 0 Å². The number of nitrogens with zero attached hydrogens (tertiary/aromatic N) is 4. The van der Waals surface area contributed by atoms with Crippen LogP contribution in [0.4, 0.5) is 9.18 Å². The van der Waals surface area contributed by atoms with Crippen LogP contribution in [0.2, 0.25) is 0 Å². The summed E-state index contributed by atoms with van der Waals surface area (Å²) in [5.41, 5.74) is -0.121. The van der Waals surface area contributed by atoms with Crippen LogP contribution in [0, 0.1) is 5.82 Å². The van der Waals surface area contributed by atoms with Crippen LogP contribution in [0.25, 0.3) is 11.4 Å². The maximum atomic E-state index is 14.7. The van der Waals surface area contributed by atoms with Crippen LogP contribution >= 0.6 is 0 Å². The first-order valence-electron chi connectivity index (χ1n) is 11.8. The average Bonchev–Trinajstić information content (AvgIpc) is 3.31. The van der Waals surface area contributed by atoms with E-state index in [4.69, 9.17) is 18.7 Å². The number of rotatable bonds is 5. The lowest BCUT2D eigenvalue weighted by molar-refractivity contribution is -0.0231. The van der Waals surface area contributed by atoms with Crippen molar-refractivity contribution in [2.75, 3.05) is 39.4 Å². The molecule has 2 aliphatic rings. The van der Waals surface area contributed by atoms with Crippen molar-refractivity contribution < 1.29 is 32.7 Å². The predicted molar refractivity (Wildman–Crippen MR) is 122 cm³/mol. The molecule has 0 saturated carbocycles. The van der Waals surface area contributed by atoms with Crippen molar-refractivity contribution in [3.63, 3.8) is 0 Å². The molecule has 35 heavy (non-hydrogen) atoms. The fourth-order valence-electron chi connectivity index (χ4n) is 3.92. The highest BCUT2D eigenvalue weighted by molar-refractivity contribution is 5.95. The van der Waals surface area contributed by atoms with Gasteiger partial charge in [-0.2, -0.15) is 4.98 Å². The number of amides is 2. The zero-order chi connectivity index (χ0) is 25.0. The fraction of sp³-hybridized carbons (Fsp3) is 0.583. The number of carbonyl (C=O) groups is 2. The Kier molecular flexibility index (Phi) is 7.66. The minimum Gasteiger partial charge on any atom is -0.444 e. The van der Waals surface area contributed by atoms with Gasteiger partial charge in [0.15, 0.2) is 0 Å². The average molecular weight is 491 g/mol. The molecule has 2 fully saturated rings. The molecule has 0 spiro atoms. The maximum Gasteiger partial charge on any atom is 0.410 e. The molecular weight excluding hydrogens is 459 g/mol. The van der Waals surface area contributed by atoms with Gasteiger partial charge in [-0.25, -0.2) is 9.18 Å². The molecule has 3 heterocycles. The second kappa shape index (κ2) is 10.7. The third-order valence-electron chi connectivity index (χ3n) is 5.76. The number of morpholine rings is 1. The van der Waals surface area contributed by atoms with Crippen LogP contribution in [0.15, 0.2) is 22.7 Å². The SMILES string of the molecule is CC(C)(C)OC(=O)N1CCC(OCc2nc(-c3ccc(C(=O)N4CCOCC4)c(F)c3)no2)CC1. The zero-order valence-corrected chi connectivity index (χ0v) is 20.3. The normalized spacial score (nSPS) is 17.5. The second-order valence-corrected chi connectivity index (χ2v) is 9.59. The fourth-order valence-corrected chi connectivity index (χ4v) is 3.92. The first-order valence-corrected chi connectivity index (χ1v) is 11.8. The molecule has 11 heteroatoms. The molecule has 2 aromatic rings. The molecule has 0 N–H and O–H groups in total. The lowest BCUT2D eigenvalue weighted by Crippen LogP contribution is -2.43. The van der Waals surface area contributed by atoms with Crippen molar-refractivity contribution in [3.8, 4) is 11.4 Å². The number of hydrogen-bond acceptors (Lipinski definition) is 8. The highest BCUT2D eigenvalue weighted by Gasteiger charge is 2.28. The van der Waals surface area contributed by atoms with Gasteiger partial charge in [-0.15, -0.1) is 0 Å². The molecule has 190 valence electrons. The summed E-state index contributed by atoms with van der Waals surface area (Å²) in [6.45, 7) is 8.49. The van der Waals surface area contributed by atoms with Crippen LogP contribution in [0.3, 0.4) is 0 Å². The summed E-state index contributed by atoms with van der Waals surface area (Å²) in [5, 5.41) is 3.91. The molecule has 2 amide bonds. The summed E-state index contributed by atoms with van der Waals surface area (Å²) in [6.07, 6.45) is 0.975. The third-order valence-corrected chi connectivity index (χ3v) is 5.76. The van der Waals surface area contributed by atoms with Gasteiger partial charge in [-0.3, -0.25) is 4.79 Å². The van der Waals surface area contributed by atoms with Gasteiger partial charge >= 0.3 is 6.09 Å². The van der Waals surface area contributed by atoms with Crippen molar-refractivity contribution in [2.24, 2.45) is 0 Å². The Bertz CT molecular complexity index is 1040. The van der Waals surface area contributed by atoms with Gasteiger partial charge in [0.05, 0.1) is 24.9 Å². The second-order valence-electron chi connectivity index (χ2n) is 9.59. The molecule has 1 aromatic heterocycles. The largest absolute Gasteiger partial charge is 0.444 e. The highest BCUT2D eigenvalue weighted by Crippen LogP contribution is 2.22. The smallest absolute Gasteiger partial charge is 0.410 e. The van der Waals surface area contributed by atoms with Crippen LogP contribution in [-0.4, -0.2) is 83.0 Å². The molecular formula is C24H31FN4O6. The van der Waals surface area contributed by atoms with E-state index in [-0.39, 0.29) is 42.0 Å².